The third-order valence-corrected chi connectivity index (χ3v) is 8.89. The van der Waals surface area contributed by atoms with Crippen molar-refractivity contribution in [3.05, 3.63) is 95.6 Å². The summed E-state index contributed by atoms with van der Waals surface area (Å²) in [6.07, 6.45) is -5.70. The van der Waals surface area contributed by atoms with Crippen LogP contribution in [0.25, 0.3) is 0 Å². The van der Waals surface area contributed by atoms with E-state index < -0.39 is 30.3 Å². The molecule has 0 aromatic heterocycles. The van der Waals surface area contributed by atoms with Crippen molar-refractivity contribution in [2.75, 3.05) is 17.6 Å². The first-order valence-corrected chi connectivity index (χ1v) is 15.1. The predicted molar refractivity (Wildman–Crippen MR) is 156 cm³/mol. The Morgan fingerprint density at radius 3 is 2.30 bits per heavy atom. The Labute approximate surface area is 252 Å². The fourth-order valence-electron chi connectivity index (χ4n) is 5.40. The third kappa shape index (κ3) is 7.41. The first-order valence-electron chi connectivity index (χ1n) is 14.1. The molecule has 0 aliphatic carbocycles. The molecular formula is C32H33F3N2O5S. The van der Waals surface area contributed by atoms with Gasteiger partial charge in [-0.25, -0.2) is 0 Å². The van der Waals surface area contributed by atoms with Crippen molar-refractivity contribution in [2.24, 2.45) is 5.92 Å². The molecule has 5 rings (SSSR count). The molecule has 3 aromatic carbocycles. The van der Waals surface area contributed by atoms with E-state index in [1.165, 1.54) is 0 Å². The molecule has 0 saturated carbocycles. The van der Waals surface area contributed by atoms with Gasteiger partial charge in [-0.2, -0.15) is 13.2 Å². The number of carbonyl (C=O) groups excluding carboxylic acids is 2. The molecule has 43 heavy (non-hydrogen) atoms. The first kappa shape index (κ1) is 31.1. The average Bonchev–Trinajstić information content (AvgIpc) is 3.51. The van der Waals surface area contributed by atoms with E-state index in [0.717, 1.165) is 16.0 Å². The van der Waals surface area contributed by atoms with Crippen LogP contribution in [0.3, 0.4) is 0 Å². The van der Waals surface area contributed by atoms with Gasteiger partial charge >= 0.3 is 12.1 Å². The lowest BCUT2D eigenvalue weighted by atomic mass is 9.91. The van der Waals surface area contributed by atoms with E-state index in [-0.39, 0.29) is 37.7 Å². The first-order chi connectivity index (χ1) is 20.6. The molecule has 3 aromatic rings. The maximum Gasteiger partial charge on any atom is 0.471 e. The second-order valence-corrected chi connectivity index (χ2v) is 11.8. The summed E-state index contributed by atoms with van der Waals surface area (Å²) in [6, 6.07) is 23.3. The van der Waals surface area contributed by atoms with Crippen LogP contribution in [0, 0.1) is 5.92 Å². The van der Waals surface area contributed by atoms with E-state index in [2.05, 4.69) is 12.2 Å². The van der Waals surface area contributed by atoms with Crippen LogP contribution < -0.4 is 5.32 Å². The van der Waals surface area contributed by atoms with E-state index >= 15 is 0 Å². The van der Waals surface area contributed by atoms with E-state index in [9.17, 15) is 27.9 Å². The summed E-state index contributed by atoms with van der Waals surface area (Å²) < 4.78 is 51.9. The SMILES string of the molecule is C[C@@H]1[C@H](CSc2ccccc2)O[C@H](c2ccc(NC(=O)[C@@H]3CCCN3C(=O)C(F)(F)F)cc2)O[C@@H]1c1ccc(CO)cc1. The van der Waals surface area contributed by atoms with Gasteiger partial charge in [-0.05, 0) is 48.2 Å². The fourth-order valence-corrected chi connectivity index (χ4v) is 6.49. The van der Waals surface area contributed by atoms with E-state index in [0.29, 0.717) is 28.3 Å². The largest absolute Gasteiger partial charge is 0.471 e. The van der Waals surface area contributed by atoms with Gasteiger partial charge in [0.25, 0.3) is 0 Å². The minimum atomic E-state index is -5.03. The van der Waals surface area contributed by atoms with Crippen molar-refractivity contribution >= 4 is 29.3 Å². The number of rotatable bonds is 8. The third-order valence-electron chi connectivity index (χ3n) is 7.79. The number of hydrogen-bond donors (Lipinski definition) is 2. The van der Waals surface area contributed by atoms with E-state index in [4.69, 9.17) is 9.47 Å². The number of amides is 2. The molecule has 2 fully saturated rings. The van der Waals surface area contributed by atoms with Crippen LogP contribution in [0.5, 0.6) is 0 Å². The van der Waals surface area contributed by atoms with Crippen LogP contribution in [0.1, 0.15) is 48.8 Å². The maximum atomic E-state index is 13.0. The van der Waals surface area contributed by atoms with Gasteiger partial charge < -0.3 is 24.8 Å². The average molecular weight is 615 g/mol. The lowest BCUT2D eigenvalue weighted by Crippen LogP contribution is -2.48. The van der Waals surface area contributed by atoms with Crippen LogP contribution in [0.15, 0.2) is 83.8 Å². The topological polar surface area (TPSA) is 88.1 Å². The molecule has 2 N–H and O–H groups in total. The number of carbonyl (C=O) groups is 2. The zero-order chi connectivity index (χ0) is 30.6. The van der Waals surface area contributed by atoms with Gasteiger partial charge in [-0.15, -0.1) is 11.8 Å². The summed E-state index contributed by atoms with van der Waals surface area (Å²) in [5.41, 5.74) is 2.87. The van der Waals surface area contributed by atoms with Gasteiger partial charge in [0.2, 0.25) is 5.91 Å². The molecule has 0 unspecified atom stereocenters. The number of halogens is 3. The van der Waals surface area contributed by atoms with Gasteiger partial charge in [0, 0.05) is 34.4 Å². The van der Waals surface area contributed by atoms with E-state index in [1.54, 1.807) is 36.0 Å². The van der Waals surface area contributed by atoms with Crippen molar-refractivity contribution in [1.29, 1.82) is 0 Å². The molecule has 11 heteroatoms. The van der Waals surface area contributed by atoms with Crippen LogP contribution in [0.4, 0.5) is 18.9 Å². The lowest BCUT2D eigenvalue weighted by molar-refractivity contribution is -0.268. The van der Waals surface area contributed by atoms with Gasteiger partial charge in [-0.1, -0.05) is 61.5 Å². The van der Waals surface area contributed by atoms with Crippen molar-refractivity contribution < 1.29 is 37.3 Å². The predicted octanol–water partition coefficient (Wildman–Crippen LogP) is 6.25. The van der Waals surface area contributed by atoms with E-state index in [1.807, 2.05) is 54.6 Å². The minimum absolute atomic E-state index is 0.0137. The van der Waals surface area contributed by atoms with Crippen LogP contribution >= 0.6 is 11.8 Å². The molecule has 0 spiro atoms. The van der Waals surface area contributed by atoms with Crippen LogP contribution in [0.2, 0.25) is 0 Å². The van der Waals surface area contributed by atoms with Crippen molar-refractivity contribution in [1.82, 2.24) is 4.90 Å². The highest BCUT2D eigenvalue weighted by Crippen LogP contribution is 2.43. The van der Waals surface area contributed by atoms with Crippen molar-refractivity contribution in [3.63, 3.8) is 0 Å². The number of aliphatic hydroxyl groups is 1. The van der Waals surface area contributed by atoms with Gasteiger partial charge in [0.05, 0.1) is 18.8 Å². The quantitative estimate of drug-likeness (QED) is 0.292. The number of ether oxygens (including phenoxy) is 2. The summed E-state index contributed by atoms with van der Waals surface area (Å²) in [7, 11) is 0. The number of nitrogens with zero attached hydrogens (tertiary/aromatic N) is 1. The summed E-state index contributed by atoms with van der Waals surface area (Å²) in [5.74, 6) is -1.95. The minimum Gasteiger partial charge on any atom is -0.392 e. The Kier molecular flexibility index (Phi) is 9.75. The smallest absolute Gasteiger partial charge is 0.392 e. The van der Waals surface area contributed by atoms with Gasteiger partial charge in [-0.3, -0.25) is 9.59 Å². The number of alkyl halides is 3. The highest BCUT2D eigenvalue weighted by atomic mass is 32.2. The second kappa shape index (κ2) is 13.5. The van der Waals surface area contributed by atoms with Crippen LogP contribution in [-0.4, -0.2) is 52.4 Å². The highest BCUT2D eigenvalue weighted by Gasteiger charge is 2.47. The molecule has 5 atom stereocenters. The number of anilines is 1. The number of hydrogen-bond acceptors (Lipinski definition) is 6. The maximum absolute atomic E-state index is 13.0. The van der Waals surface area contributed by atoms with Gasteiger partial charge in [0.15, 0.2) is 6.29 Å². The molecule has 2 heterocycles. The molecule has 0 radical (unpaired) electrons. The normalized spacial score (nSPS) is 24.1. The molecule has 2 saturated heterocycles. The van der Waals surface area contributed by atoms with Crippen molar-refractivity contribution in [2.45, 2.75) is 62.0 Å². The molecule has 228 valence electrons. The molecular weight excluding hydrogens is 581 g/mol. The highest BCUT2D eigenvalue weighted by molar-refractivity contribution is 7.99. The number of likely N-dealkylation sites (tertiary alicyclic amines) is 1. The van der Waals surface area contributed by atoms with Crippen molar-refractivity contribution in [3.8, 4) is 0 Å². The fraction of sp³-hybridized carbons (Fsp3) is 0.375. The zero-order valence-electron chi connectivity index (χ0n) is 23.5. The standard InChI is InChI=1S/C32H33F3N2O5S/c1-20-27(19-43-25-6-3-2-4-7-25)41-30(42-28(20)22-11-9-21(18-38)10-12-22)23-13-15-24(16-14-23)36-29(39)26-8-5-17-37(26)31(40)32(33,34)35/h2-4,6-7,9-16,20,26-28,30,38H,5,8,17-19H2,1H3,(H,36,39)/t20-,26+,27+,28+,30+/m1/s1. The monoisotopic (exact) mass is 614 g/mol. The number of aliphatic hydroxyl groups excluding tert-OH is 1. The molecule has 2 aliphatic rings. The number of thioether (sulfide) groups is 1. The summed E-state index contributed by atoms with van der Waals surface area (Å²) in [5, 5.41) is 12.1. The Morgan fingerprint density at radius 1 is 0.977 bits per heavy atom. The zero-order valence-corrected chi connectivity index (χ0v) is 24.3. The van der Waals surface area contributed by atoms with Crippen LogP contribution in [-0.2, 0) is 25.7 Å². The summed E-state index contributed by atoms with van der Waals surface area (Å²) >= 11 is 1.70. The lowest BCUT2D eigenvalue weighted by Gasteiger charge is -2.41. The second-order valence-electron chi connectivity index (χ2n) is 10.7. The van der Waals surface area contributed by atoms with Gasteiger partial charge in [0.1, 0.15) is 6.04 Å². The Bertz CT molecular complexity index is 1390. The molecule has 7 nitrogen and oxygen atoms in total. The molecule has 2 amide bonds. The number of benzene rings is 3. The Morgan fingerprint density at radius 2 is 1.65 bits per heavy atom. The molecule has 2 aliphatic heterocycles. The summed E-state index contributed by atoms with van der Waals surface area (Å²) in [6.45, 7) is 1.92. The Balaban J connectivity index is 1.30. The number of nitrogens with one attached hydrogen (secondary N) is 1. The molecule has 0 bridgehead atoms. The summed E-state index contributed by atoms with van der Waals surface area (Å²) in [4.78, 5) is 26.3. The Hall–Kier alpha value is -3.38.